The predicted molar refractivity (Wildman–Crippen MR) is 157 cm³/mol. The topological polar surface area (TPSA) is 107 Å². The van der Waals surface area contributed by atoms with E-state index in [4.69, 9.17) is 17.3 Å². The van der Waals surface area contributed by atoms with E-state index in [-0.39, 0.29) is 44.7 Å². The highest BCUT2D eigenvalue weighted by Gasteiger charge is 2.32. The van der Waals surface area contributed by atoms with Crippen molar-refractivity contribution in [1.82, 2.24) is 9.13 Å². The molecule has 0 unspecified atom stereocenters. The quantitative estimate of drug-likeness (QED) is 0.296. The average molecular weight is 588 g/mol. The van der Waals surface area contributed by atoms with Crippen molar-refractivity contribution in [2.45, 2.75) is 25.9 Å². The number of fused-ring (bicyclic) bond motifs is 4. The zero-order chi connectivity index (χ0) is 30.2. The van der Waals surface area contributed by atoms with Crippen LogP contribution in [0.3, 0.4) is 0 Å². The van der Waals surface area contributed by atoms with Crippen LogP contribution in [-0.4, -0.2) is 20.1 Å². The van der Waals surface area contributed by atoms with E-state index in [0.717, 1.165) is 26.8 Å². The van der Waals surface area contributed by atoms with Gasteiger partial charge in [-0.05, 0) is 72.4 Å². The van der Waals surface area contributed by atoms with Crippen LogP contribution in [0.1, 0.15) is 40.9 Å². The molecule has 42 heavy (non-hydrogen) atoms. The van der Waals surface area contributed by atoms with E-state index in [2.05, 4.69) is 0 Å². The summed E-state index contributed by atoms with van der Waals surface area (Å²) in [6.07, 6.45) is 0.258. The van der Waals surface area contributed by atoms with Crippen LogP contribution in [0.25, 0.3) is 38.8 Å². The molecule has 0 saturated heterocycles. The fourth-order valence-electron chi connectivity index (χ4n) is 5.79. The maximum absolute atomic E-state index is 16.0. The summed E-state index contributed by atoms with van der Waals surface area (Å²) in [4.78, 5) is 39.2. The molecule has 1 aromatic heterocycles. The molecular formula is C32H24ClF2N3O4. The van der Waals surface area contributed by atoms with Crippen LogP contribution in [0.15, 0.2) is 70.3 Å². The summed E-state index contributed by atoms with van der Waals surface area (Å²) in [5.41, 5.74) is 5.89. The van der Waals surface area contributed by atoms with Crippen LogP contribution < -0.4 is 17.0 Å². The monoisotopic (exact) mass is 587 g/mol. The van der Waals surface area contributed by atoms with Gasteiger partial charge < -0.3 is 10.8 Å². The van der Waals surface area contributed by atoms with Crippen LogP contribution in [0, 0.1) is 11.6 Å². The molecule has 7 nitrogen and oxygen atoms in total. The Morgan fingerprint density at radius 2 is 1.69 bits per heavy atom. The summed E-state index contributed by atoms with van der Waals surface area (Å²) in [7, 11) is 1.34. The summed E-state index contributed by atoms with van der Waals surface area (Å²) in [6.45, 7) is 3.30. The molecule has 0 radical (unpaired) electrons. The lowest BCUT2D eigenvalue weighted by Gasteiger charge is -2.19. The van der Waals surface area contributed by atoms with Gasteiger partial charge in [0.05, 0.1) is 27.2 Å². The Morgan fingerprint density at radius 3 is 2.38 bits per heavy atom. The van der Waals surface area contributed by atoms with Gasteiger partial charge in [-0.1, -0.05) is 48.0 Å². The van der Waals surface area contributed by atoms with Gasteiger partial charge in [0.25, 0.3) is 5.56 Å². The number of hydrogen-bond donors (Lipinski definition) is 2. The van der Waals surface area contributed by atoms with Crippen LogP contribution in [0.2, 0.25) is 5.02 Å². The lowest BCUT2D eigenvalue weighted by Crippen LogP contribution is -2.38. The molecule has 5 aromatic rings. The highest BCUT2D eigenvalue weighted by molar-refractivity contribution is 6.35. The maximum atomic E-state index is 16.0. The lowest BCUT2D eigenvalue weighted by molar-refractivity contribution is 0.0785. The van der Waals surface area contributed by atoms with E-state index in [9.17, 15) is 23.9 Å². The molecule has 0 atom stereocenters. The molecule has 6 rings (SSSR count). The first-order valence-electron chi connectivity index (χ1n) is 13.0. The number of nitrogens with two attached hydrogens (primary N) is 1. The number of benzene rings is 4. The predicted octanol–water partition coefficient (Wildman–Crippen LogP) is 5.19. The number of amides is 1. The van der Waals surface area contributed by atoms with Gasteiger partial charge in [-0.15, -0.1) is 0 Å². The van der Waals surface area contributed by atoms with Gasteiger partial charge >= 0.3 is 5.69 Å². The summed E-state index contributed by atoms with van der Waals surface area (Å²) < 4.78 is 32.4. The van der Waals surface area contributed by atoms with Crippen molar-refractivity contribution in [2.75, 3.05) is 0 Å². The molecule has 3 N–H and O–H groups in total. The molecule has 0 fully saturated rings. The second-order valence-corrected chi connectivity index (χ2v) is 11.2. The number of halogens is 3. The standard InChI is InChI=1S/C32H24ClF2N3O4/c1-32(2,42)16-10-11-17-15(12-16)13-20-21(29(36)39)14-23(35)26(25(17)20)18-6-5-9-24(27(18)33)38-30(40)19-7-4-8-22(34)28(19)37(3)31(38)41/h4-12,14,42H,13H2,1-3H3,(H2,36,39). The zero-order valence-corrected chi connectivity index (χ0v) is 23.5. The fourth-order valence-corrected chi connectivity index (χ4v) is 6.09. The zero-order valence-electron chi connectivity index (χ0n) is 22.8. The summed E-state index contributed by atoms with van der Waals surface area (Å²) >= 11 is 6.87. The first-order valence-corrected chi connectivity index (χ1v) is 13.4. The van der Waals surface area contributed by atoms with Gasteiger partial charge in [-0.3, -0.25) is 14.2 Å². The Morgan fingerprint density at radius 1 is 0.976 bits per heavy atom. The van der Waals surface area contributed by atoms with E-state index in [0.29, 0.717) is 22.3 Å². The Balaban J connectivity index is 1.65. The molecule has 0 spiro atoms. The summed E-state index contributed by atoms with van der Waals surface area (Å²) in [6, 6.07) is 14.8. The molecule has 0 aliphatic heterocycles. The van der Waals surface area contributed by atoms with Gasteiger partial charge in [0, 0.05) is 23.7 Å². The minimum atomic E-state index is -1.13. The number of aromatic nitrogens is 2. The summed E-state index contributed by atoms with van der Waals surface area (Å²) in [5, 5.41) is 10.4. The van der Waals surface area contributed by atoms with Crippen molar-refractivity contribution in [2.24, 2.45) is 12.8 Å². The fraction of sp³-hybridized carbons (Fsp3) is 0.156. The number of carbonyl (C=O) groups excluding carboxylic acids is 1. The van der Waals surface area contributed by atoms with Gasteiger partial charge in [-0.2, -0.15) is 0 Å². The molecule has 4 aromatic carbocycles. The Bertz CT molecular complexity index is 2130. The van der Waals surface area contributed by atoms with Crippen LogP contribution >= 0.6 is 11.6 Å². The third kappa shape index (κ3) is 4.00. The molecule has 1 amide bonds. The molecular weight excluding hydrogens is 564 g/mol. The number of hydrogen-bond acceptors (Lipinski definition) is 4. The number of aryl methyl sites for hydroxylation is 1. The molecule has 10 heteroatoms. The van der Waals surface area contributed by atoms with Crippen LogP contribution in [-0.2, 0) is 19.1 Å². The third-order valence-electron chi connectivity index (χ3n) is 7.82. The highest BCUT2D eigenvalue weighted by Crippen LogP contribution is 2.48. The highest BCUT2D eigenvalue weighted by atomic mass is 35.5. The number of para-hydroxylation sites is 1. The normalized spacial score (nSPS) is 12.5. The van der Waals surface area contributed by atoms with Crippen molar-refractivity contribution in [3.63, 3.8) is 0 Å². The maximum Gasteiger partial charge on any atom is 0.336 e. The van der Waals surface area contributed by atoms with E-state index >= 15 is 4.39 Å². The number of nitrogens with zero attached hydrogens (tertiary/aromatic N) is 2. The molecule has 1 heterocycles. The molecule has 0 saturated carbocycles. The number of primary amides is 1. The molecule has 0 bridgehead atoms. The third-order valence-corrected chi connectivity index (χ3v) is 8.22. The first-order chi connectivity index (χ1) is 19.8. The van der Waals surface area contributed by atoms with Crippen molar-refractivity contribution in [1.29, 1.82) is 0 Å². The number of rotatable bonds is 4. The van der Waals surface area contributed by atoms with Crippen molar-refractivity contribution < 1.29 is 18.7 Å². The van der Waals surface area contributed by atoms with Gasteiger partial charge in [0.15, 0.2) is 0 Å². The van der Waals surface area contributed by atoms with Gasteiger partial charge in [0.2, 0.25) is 5.91 Å². The SMILES string of the molecule is Cn1c(=O)n(-c2cccc(-c3c(F)cc(C(N)=O)c4c3-c3ccc(C(C)(C)O)cc3C4)c2Cl)c(=O)c2cccc(F)c21. The Labute approximate surface area is 243 Å². The molecule has 1 aliphatic carbocycles. The summed E-state index contributed by atoms with van der Waals surface area (Å²) in [5.74, 6) is -2.30. The second kappa shape index (κ2) is 9.47. The smallest absolute Gasteiger partial charge is 0.336 e. The van der Waals surface area contributed by atoms with Crippen LogP contribution in [0.5, 0.6) is 0 Å². The number of carbonyl (C=O) groups is 1. The van der Waals surface area contributed by atoms with Crippen molar-refractivity contribution in [3.05, 3.63) is 120 Å². The first kappa shape index (κ1) is 27.6. The Kier molecular flexibility index (Phi) is 6.22. The van der Waals surface area contributed by atoms with E-state index in [1.54, 1.807) is 38.1 Å². The minimum absolute atomic E-state index is 0.0150. The van der Waals surface area contributed by atoms with E-state index in [1.165, 1.54) is 31.3 Å². The Hall–Kier alpha value is -4.60. The lowest BCUT2D eigenvalue weighted by atomic mass is 9.89. The van der Waals surface area contributed by atoms with Gasteiger partial charge in [0.1, 0.15) is 11.6 Å². The van der Waals surface area contributed by atoms with Crippen molar-refractivity contribution in [3.8, 4) is 27.9 Å². The van der Waals surface area contributed by atoms with E-state index in [1.807, 2.05) is 0 Å². The molecule has 1 aliphatic rings. The van der Waals surface area contributed by atoms with Gasteiger partial charge in [-0.25, -0.2) is 18.1 Å². The molecule has 212 valence electrons. The van der Waals surface area contributed by atoms with E-state index < -0.39 is 34.4 Å². The average Bonchev–Trinajstić information content (AvgIpc) is 3.30. The van der Waals surface area contributed by atoms with Crippen molar-refractivity contribution >= 4 is 28.4 Å². The number of aliphatic hydroxyl groups is 1. The van der Waals surface area contributed by atoms with Crippen LogP contribution in [0.4, 0.5) is 8.78 Å². The second-order valence-electron chi connectivity index (χ2n) is 10.9. The largest absolute Gasteiger partial charge is 0.386 e. The minimum Gasteiger partial charge on any atom is -0.386 e.